The van der Waals surface area contributed by atoms with Crippen LogP contribution in [0.2, 0.25) is 0 Å². The topological polar surface area (TPSA) is 126 Å². The quantitative estimate of drug-likeness (QED) is 0.0425. The van der Waals surface area contributed by atoms with Crippen LogP contribution in [0.5, 0.6) is 0 Å². The van der Waals surface area contributed by atoms with Crippen molar-refractivity contribution >= 4 is 17.6 Å². The SMILES string of the molecule is O=C(CCC(F)(F)C(F)(F)C(F)(F)C(F)(F)C(F)(F)C(F)(F)C(F)(F)C(F)(F)F)NCCOCCOCCOCCOC(=O)c1ccc([N+](=O)[O-])cc1. The Hall–Kier alpha value is -3.75. The first-order valence-corrected chi connectivity index (χ1v) is 14.1. The summed E-state index contributed by atoms with van der Waals surface area (Å²) in [4.78, 5) is 33.4. The smallest absolute Gasteiger partial charge is 0.460 e. The van der Waals surface area contributed by atoms with Gasteiger partial charge >= 0.3 is 53.6 Å². The average Bonchev–Trinajstić information content (AvgIpc) is 3.04. The number of nitrogens with zero attached hydrogens (tertiary/aromatic N) is 1. The molecule has 0 aliphatic carbocycles. The van der Waals surface area contributed by atoms with Crippen LogP contribution in [-0.4, -0.2) is 117 Å². The van der Waals surface area contributed by atoms with E-state index in [2.05, 4.69) is 0 Å². The fourth-order valence-corrected chi connectivity index (χ4v) is 3.51. The van der Waals surface area contributed by atoms with E-state index in [-0.39, 0.29) is 50.9 Å². The molecule has 1 rings (SSSR count). The minimum atomic E-state index is -8.72. The van der Waals surface area contributed by atoms with Crippen molar-refractivity contribution in [3.63, 3.8) is 0 Å². The molecule has 1 N–H and O–H groups in total. The number of nitro groups is 1. The van der Waals surface area contributed by atoms with Gasteiger partial charge in [-0.25, -0.2) is 4.79 Å². The first-order valence-electron chi connectivity index (χ1n) is 14.1. The minimum Gasteiger partial charge on any atom is -0.460 e. The van der Waals surface area contributed by atoms with Gasteiger partial charge in [0.1, 0.15) is 6.61 Å². The van der Waals surface area contributed by atoms with Crippen molar-refractivity contribution < 1.29 is 108 Å². The van der Waals surface area contributed by atoms with Gasteiger partial charge in [-0.3, -0.25) is 14.9 Å². The van der Waals surface area contributed by atoms with E-state index >= 15 is 0 Å². The van der Waals surface area contributed by atoms with Gasteiger partial charge < -0.3 is 24.3 Å². The minimum absolute atomic E-state index is 0.0126. The van der Waals surface area contributed by atoms with Crippen LogP contribution >= 0.6 is 0 Å². The van der Waals surface area contributed by atoms with Crippen molar-refractivity contribution in [2.24, 2.45) is 0 Å². The van der Waals surface area contributed by atoms with Gasteiger partial charge in [0.2, 0.25) is 5.91 Å². The number of nitrogens with one attached hydrogen (secondary N) is 1. The maximum absolute atomic E-state index is 13.9. The second-order valence-electron chi connectivity index (χ2n) is 10.3. The standard InChI is InChI=1S/C26H25F17N2O8/c27-19(28,20(29,30)21(31,32)22(33,34)23(35,36)24(37,38)25(39,40)26(41,42)43)6-5-17(46)44-7-8-50-9-10-51-11-12-52-13-14-53-18(47)15-1-3-16(4-2-15)45(48)49/h1-4H,5-14H2,(H,44,46). The molecule has 306 valence electrons. The number of rotatable bonds is 23. The van der Waals surface area contributed by atoms with Crippen LogP contribution in [0, 0.1) is 10.1 Å². The number of hydrogen-bond acceptors (Lipinski definition) is 8. The van der Waals surface area contributed by atoms with Crippen LogP contribution < -0.4 is 5.32 Å². The molecule has 0 heterocycles. The fourth-order valence-electron chi connectivity index (χ4n) is 3.51. The summed E-state index contributed by atoms with van der Waals surface area (Å²) in [5, 5.41) is 12.3. The van der Waals surface area contributed by atoms with Gasteiger partial charge in [-0.15, -0.1) is 0 Å². The predicted octanol–water partition coefficient (Wildman–Crippen LogP) is 6.71. The molecule has 0 aromatic heterocycles. The number of ether oxygens (including phenoxy) is 4. The number of non-ortho nitro benzene ring substituents is 1. The summed E-state index contributed by atoms with van der Waals surface area (Å²) in [6.45, 7) is -1.67. The van der Waals surface area contributed by atoms with Crippen LogP contribution in [0.3, 0.4) is 0 Å². The molecule has 0 saturated heterocycles. The lowest BCUT2D eigenvalue weighted by molar-refractivity contribution is -0.461. The predicted molar refractivity (Wildman–Crippen MR) is 139 cm³/mol. The highest BCUT2D eigenvalue weighted by molar-refractivity contribution is 5.89. The van der Waals surface area contributed by atoms with Gasteiger partial charge in [-0.1, -0.05) is 0 Å². The second-order valence-corrected chi connectivity index (χ2v) is 10.3. The Morgan fingerprint density at radius 3 is 1.42 bits per heavy atom. The van der Waals surface area contributed by atoms with E-state index in [1.54, 1.807) is 5.32 Å². The molecule has 27 heteroatoms. The van der Waals surface area contributed by atoms with Crippen molar-refractivity contribution in [1.82, 2.24) is 5.32 Å². The summed E-state index contributed by atoms with van der Waals surface area (Å²) in [7, 11) is 0. The van der Waals surface area contributed by atoms with Crippen LogP contribution in [0.1, 0.15) is 23.2 Å². The summed E-state index contributed by atoms with van der Waals surface area (Å²) in [6.07, 6.45) is -12.7. The van der Waals surface area contributed by atoms with Gasteiger partial charge in [0.25, 0.3) is 5.69 Å². The molecule has 1 amide bonds. The molecule has 1 aromatic carbocycles. The van der Waals surface area contributed by atoms with Crippen molar-refractivity contribution in [3.8, 4) is 0 Å². The highest BCUT2D eigenvalue weighted by Crippen LogP contribution is 2.64. The van der Waals surface area contributed by atoms with Gasteiger partial charge in [0.05, 0.1) is 50.1 Å². The van der Waals surface area contributed by atoms with Gasteiger partial charge in [0, 0.05) is 31.5 Å². The largest absolute Gasteiger partial charge is 0.460 e. The molecule has 0 atom stereocenters. The van der Waals surface area contributed by atoms with Crippen molar-refractivity contribution in [2.75, 3.05) is 52.8 Å². The van der Waals surface area contributed by atoms with E-state index in [1.807, 2.05) is 0 Å². The number of benzene rings is 1. The molecule has 0 saturated carbocycles. The number of alkyl halides is 17. The zero-order valence-corrected chi connectivity index (χ0v) is 26.0. The molecule has 0 radical (unpaired) electrons. The van der Waals surface area contributed by atoms with E-state index in [4.69, 9.17) is 18.9 Å². The molecule has 53 heavy (non-hydrogen) atoms. The lowest BCUT2D eigenvalue weighted by Gasteiger charge is -2.42. The number of carbonyl (C=O) groups is 2. The molecule has 10 nitrogen and oxygen atoms in total. The number of amides is 1. The Morgan fingerprint density at radius 1 is 0.585 bits per heavy atom. The number of carbonyl (C=O) groups excluding carboxylic acids is 2. The highest BCUT2D eigenvalue weighted by atomic mass is 19.4. The Labute approximate surface area is 285 Å². The highest BCUT2D eigenvalue weighted by Gasteiger charge is 2.95. The van der Waals surface area contributed by atoms with Gasteiger partial charge in [0.15, 0.2) is 0 Å². The molecule has 0 fully saturated rings. The second kappa shape index (κ2) is 17.6. The number of nitro benzene ring substituents is 1. The first kappa shape index (κ1) is 47.3. The van der Waals surface area contributed by atoms with E-state index in [0.717, 1.165) is 12.1 Å². The third-order valence-electron chi connectivity index (χ3n) is 6.54. The van der Waals surface area contributed by atoms with Crippen LogP contribution in [0.4, 0.5) is 80.3 Å². The Balaban J connectivity index is 2.44. The monoisotopic (exact) mass is 816 g/mol. The van der Waals surface area contributed by atoms with Crippen LogP contribution in [0.15, 0.2) is 24.3 Å². The fraction of sp³-hybridized carbons (Fsp3) is 0.692. The number of halogens is 17. The third kappa shape index (κ3) is 10.5. The molecule has 0 unspecified atom stereocenters. The molecule has 0 aliphatic heterocycles. The first-order chi connectivity index (χ1) is 23.9. The molecule has 0 spiro atoms. The summed E-state index contributed by atoms with van der Waals surface area (Å²) in [5.41, 5.74) is -0.188. The zero-order valence-electron chi connectivity index (χ0n) is 26.0. The Morgan fingerprint density at radius 2 is 0.981 bits per heavy atom. The van der Waals surface area contributed by atoms with Gasteiger partial charge in [-0.2, -0.15) is 74.6 Å². The maximum atomic E-state index is 13.9. The summed E-state index contributed by atoms with van der Waals surface area (Å²) >= 11 is 0. The molecule has 0 aliphatic rings. The lowest BCUT2D eigenvalue weighted by atomic mass is 9.88. The molecule has 0 bridgehead atoms. The van der Waals surface area contributed by atoms with E-state index in [0.29, 0.717) is 0 Å². The third-order valence-corrected chi connectivity index (χ3v) is 6.54. The molecular weight excluding hydrogens is 791 g/mol. The lowest BCUT2D eigenvalue weighted by Crippen LogP contribution is -2.74. The van der Waals surface area contributed by atoms with Crippen LogP contribution in [0.25, 0.3) is 0 Å². The number of hydrogen-bond donors (Lipinski definition) is 1. The van der Waals surface area contributed by atoms with E-state index in [1.165, 1.54) is 12.1 Å². The van der Waals surface area contributed by atoms with Crippen LogP contribution in [-0.2, 0) is 23.7 Å². The number of esters is 1. The zero-order chi connectivity index (χ0) is 41.3. The van der Waals surface area contributed by atoms with Crippen molar-refractivity contribution in [3.05, 3.63) is 39.9 Å². The Bertz CT molecular complexity index is 1380. The summed E-state index contributed by atoms with van der Waals surface area (Å²) in [6, 6.07) is 4.56. The Kier molecular flexibility index (Phi) is 15.7. The molecular formula is C26H25F17N2O8. The van der Waals surface area contributed by atoms with Crippen molar-refractivity contribution in [2.45, 2.75) is 60.5 Å². The molecule has 1 aromatic rings. The maximum Gasteiger partial charge on any atom is 0.460 e. The van der Waals surface area contributed by atoms with E-state index in [9.17, 15) is 94.3 Å². The normalized spacial score (nSPS) is 13.9. The van der Waals surface area contributed by atoms with E-state index < -0.39 is 90.4 Å². The average molecular weight is 816 g/mol. The summed E-state index contributed by atoms with van der Waals surface area (Å²) in [5.74, 6) is -59.7. The summed E-state index contributed by atoms with van der Waals surface area (Å²) < 4.78 is 246. The van der Waals surface area contributed by atoms with Crippen molar-refractivity contribution in [1.29, 1.82) is 0 Å². The van der Waals surface area contributed by atoms with Gasteiger partial charge in [-0.05, 0) is 12.1 Å².